The first-order valence-corrected chi connectivity index (χ1v) is 33.3. The molecule has 15 atom stereocenters. The number of carbonyl (C=O) groups is 6. The van der Waals surface area contributed by atoms with Gasteiger partial charge in [0.15, 0.2) is 17.0 Å². The van der Waals surface area contributed by atoms with Crippen molar-refractivity contribution in [1.82, 2.24) is 34.9 Å². The first kappa shape index (κ1) is 71.7. The van der Waals surface area contributed by atoms with Gasteiger partial charge in [-0.3, -0.25) is 19.2 Å². The van der Waals surface area contributed by atoms with Crippen LogP contribution in [0.15, 0.2) is 76.5 Å². The summed E-state index contributed by atoms with van der Waals surface area (Å²) in [7, 11) is 3.12. The van der Waals surface area contributed by atoms with Crippen LogP contribution < -0.4 is 16.4 Å². The molecule has 1 aliphatic carbocycles. The van der Waals surface area contributed by atoms with Crippen molar-refractivity contribution in [3.05, 3.63) is 72.1 Å². The Kier molecular flexibility index (Phi) is 24.9. The molecule has 0 spiro atoms. The van der Waals surface area contributed by atoms with E-state index in [2.05, 4.69) is 39.4 Å². The molecule has 6 heterocycles. The summed E-state index contributed by atoms with van der Waals surface area (Å²) >= 11 is 0. The summed E-state index contributed by atoms with van der Waals surface area (Å²) in [6.07, 6.45) is 14.4. The number of aliphatic hydroxyl groups is 2. The van der Waals surface area contributed by atoms with Crippen molar-refractivity contribution in [2.45, 2.75) is 195 Å². The van der Waals surface area contributed by atoms with Crippen LogP contribution in [0.4, 0.5) is 16.6 Å². The number of nitrogen functional groups attached to an aromatic ring is 1. The Hall–Kier alpha value is -7.18. The lowest BCUT2D eigenvalue weighted by Gasteiger charge is -2.42. The number of alkyl carbamates (subject to hydrolysis) is 1. The van der Waals surface area contributed by atoms with E-state index < -0.39 is 83.6 Å². The average molecular weight is 1290 g/mol. The second kappa shape index (κ2) is 32.3. The number of rotatable bonds is 12. The lowest BCUT2D eigenvalue weighted by molar-refractivity contribution is -0.264. The van der Waals surface area contributed by atoms with Crippen molar-refractivity contribution in [1.29, 1.82) is 0 Å². The van der Waals surface area contributed by atoms with Crippen molar-refractivity contribution in [3.8, 4) is 11.3 Å². The van der Waals surface area contributed by atoms with Gasteiger partial charge < -0.3 is 59.6 Å². The number of oxazole rings is 1. The number of hydrogen-bond acceptors (Lipinski definition) is 20. The number of carbonyl (C=O) groups excluding carboxylic acids is 6. The number of piperidine rings is 1. The Morgan fingerprint density at radius 2 is 1.69 bits per heavy atom. The highest BCUT2D eigenvalue weighted by Gasteiger charge is 2.53. The van der Waals surface area contributed by atoms with E-state index in [-0.39, 0.29) is 93.5 Å². The van der Waals surface area contributed by atoms with Crippen LogP contribution >= 0.6 is 0 Å². The van der Waals surface area contributed by atoms with Crippen LogP contribution in [0.5, 0.6) is 0 Å². The number of fused-ring (bicyclic) bond motifs is 5. The summed E-state index contributed by atoms with van der Waals surface area (Å²) in [5.41, 5.74) is 10.4. The van der Waals surface area contributed by atoms with Gasteiger partial charge in [-0.05, 0) is 146 Å². The zero-order valence-electron chi connectivity index (χ0n) is 56.3. The lowest BCUT2D eigenvalue weighted by atomic mass is 9.74. The Bertz CT molecular complexity index is 3410. The number of ketones is 3. The van der Waals surface area contributed by atoms with Crippen LogP contribution in [0.1, 0.15) is 152 Å². The zero-order chi connectivity index (χ0) is 67.4. The SMILES string of the molecule is CO[C@@H]1C[C@H](C[C@@H](C)[C@H]2COC(=O)[C@@H]3CCCCN3C(=O)C(=O)[C@]3(O)O[C@@H](CC[C@H]3C)CC(NC(=O)OCCNc3nc4cc(-c5nn(C(C)C)c6ncnc(N)c56)ccc4o3)/C(C)=C/C=C/C=C/[C@@H](C)C[C@@H](C)C(=O)[C@H](OC)[C@H](O)/C(C)=C/[C@@H](C)C(=O)C2)CC[C@H]1C. The number of benzene rings is 1. The number of amides is 2. The minimum absolute atomic E-state index is 0.0103. The molecule has 2 bridgehead atoms. The Labute approximate surface area is 546 Å². The van der Waals surface area contributed by atoms with Gasteiger partial charge >= 0.3 is 12.1 Å². The van der Waals surface area contributed by atoms with E-state index in [9.17, 15) is 39.0 Å². The summed E-state index contributed by atoms with van der Waals surface area (Å²) in [5, 5.41) is 35.4. The van der Waals surface area contributed by atoms with E-state index in [4.69, 9.17) is 38.9 Å². The van der Waals surface area contributed by atoms with Crippen molar-refractivity contribution < 1.29 is 67.1 Å². The number of aliphatic hydroxyl groups excluding tert-OH is 1. The van der Waals surface area contributed by atoms with E-state index in [1.807, 2.05) is 58.1 Å². The highest BCUT2D eigenvalue weighted by molar-refractivity contribution is 6.39. The Morgan fingerprint density at radius 1 is 0.914 bits per heavy atom. The third-order valence-corrected chi connectivity index (χ3v) is 19.6. The molecular formula is C70H99N9O14. The van der Waals surface area contributed by atoms with E-state index in [0.717, 1.165) is 31.2 Å². The molecule has 4 aromatic rings. The monoisotopic (exact) mass is 1290 g/mol. The molecule has 2 amide bonds. The van der Waals surface area contributed by atoms with E-state index in [0.29, 0.717) is 82.3 Å². The molecule has 8 rings (SSSR count). The molecule has 508 valence electrons. The number of nitrogens with zero attached hydrogens (tertiary/aromatic N) is 6. The first-order chi connectivity index (χ1) is 44.3. The van der Waals surface area contributed by atoms with Gasteiger partial charge in [0.2, 0.25) is 5.79 Å². The molecule has 6 N–H and O–H groups in total. The number of aromatic nitrogens is 5. The molecule has 3 aromatic heterocycles. The molecule has 1 aromatic carbocycles. The number of methoxy groups -OCH3 is 2. The largest absolute Gasteiger partial charge is 0.464 e. The molecule has 2 saturated heterocycles. The second-order valence-electron chi connectivity index (χ2n) is 27.0. The van der Waals surface area contributed by atoms with Gasteiger partial charge in [0.1, 0.15) is 54.0 Å². The Morgan fingerprint density at radius 3 is 2.43 bits per heavy atom. The first-order valence-electron chi connectivity index (χ1n) is 33.3. The minimum atomic E-state index is -2.58. The third kappa shape index (κ3) is 17.6. The van der Waals surface area contributed by atoms with Crippen LogP contribution in [0.2, 0.25) is 0 Å². The average Bonchev–Trinajstić information content (AvgIpc) is 1.72. The third-order valence-electron chi connectivity index (χ3n) is 19.6. The van der Waals surface area contributed by atoms with Crippen LogP contribution in [0, 0.1) is 47.3 Å². The number of cyclic esters (lactones) is 1. The number of Topliss-reactive ketones (excluding diaryl/α,β-unsaturated/α-hetero) is 3. The Balaban J connectivity index is 1.00. The summed E-state index contributed by atoms with van der Waals surface area (Å²) < 4.78 is 37.4. The standard InChI is InChI=1S/C70H99N9O14/c1-39(2)79-65-58(64(71)73-38-74-65)59(77-79)49-24-26-56-53(34-49)75-68(92-56)72-27-29-90-69(86)76-52-36-51-25-22-47(10)70(87,93-51)63(83)66(84)78-28-17-16-20-54(78)67(85)91-37-50(43(6)32-48-23-21-42(5)57(33-48)88-11)35-55(80)44(7)31-46(9)61(82)62(89-12)60(81)45(8)30-40(3)18-14-13-15-19-41(52)4/h13-15,18-19,24,26,31,34,38-40,42-45,47-48,50-52,54,57,61-62,82,87H,16-17,20-23,25,27-30,32-33,35-37H2,1-12H3,(H,72,75)(H,76,86)(H2,71,73,74)/b15-13+,18-14+,41-19+,46-31+/t40-,42-,43-,44-,45-,47-,48+,50-,51+,52?,54+,57-,61-,62+,70-/m1/s1. The molecule has 3 fully saturated rings. The number of hydrogen-bond donors (Lipinski definition) is 5. The van der Waals surface area contributed by atoms with E-state index in [1.54, 1.807) is 63.8 Å². The van der Waals surface area contributed by atoms with Crippen LogP contribution in [0.25, 0.3) is 33.4 Å². The number of nitrogens with two attached hydrogens (primary N) is 1. The molecule has 0 radical (unpaired) electrons. The van der Waals surface area contributed by atoms with E-state index >= 15 is 0 Å². The molecule has 4 aliphatic rings. The fourth-order valence-electron chi connectivity index (χ4n) is 13.7. The highest BCUT2D eigenvalue weighted by atomic mass is 16.6. The number of anilines is 2. The van der Waals surface area contributed by atoms with Crippen LogP contribution in [-0.2, 0) is 47.7 Å². The summed E-state index contributed by atoms with van der Waals surface area (Å²) in [6, 6.07) is 3.76. The maximum Gasteiger partial charge on any atom is 0.407 e. The molecular weight excluding hydrogens is 1190 g/mol. The quantitative estimate of drug-likeness (QED) is 0.0381. The van der Waals surface area contributed by atoms with Gasteiger partial charge in [0.05, 0.1) is 36.8 Å². The van der Waals surface area contributed by atoms with Crippen LogP contribution in [0.3, 0.4) is 0 Å². The van der Waals surface area contributed by atoms with Gasteiger partial charge in [-0.15, -0.1) is 0 Å². The molecule has 1 saturated carbocycles. The second-order valence-corrected chi connectivity index (χ2v) is 27.0. The zero-order valence-corrected chi connectivity index (χ0v) is 56.3. The number of ether oxygens (including phenoxy) is 5. The van der Waals surface area contributed by atoms with Gasteiger partial charge in [0, 0.05) is 62.5 Å². The van der Waals surface area contributed by atoms with Crippen molar-refractivity contribution in [3.63, 3.8) is 0 Å². The van der Waals surface area contributed by atoms with Gasteiger partial charge in [-0.2, -0.15) is 10.1 Å². The van der Waals surface area contributed by atoms with Crippen molar-refractivity contribution >= 4 is 69.3 Å². The minimum Gasteiger partial charge on any atom is -0.464 e. The topological polar surface area (TPSA) is 312 Å². The van der Waals surface area contributed by atoms with Gasteiger partial charge in [-0.1, -0.05) is 83.6 Å². The van der Waals surface area contributed by atoms with Gasteiger partial charge in [-0.25, -0.2) is 24.2 Å². The normalized spacial score (nSPS) is 32.0. The summed E-state index contributed by atoms with van der Waals surface area (Å²) in [5.74, 6) is -7.54. The molecule has 23 nitrogen and oxygen atoms in total. The number of esters is 1. The predicted octanol–water partition coefficient (Wildman–Crippen LogP) is 10.0. The number of allylic oxidation sites excluding steroid dienone is 6. The molecule has 3 aliphatic heterocycles. The number of nitrogens with one attached hydrogen (secondary N) is 2. The van der Waals surface area contributed by atoms with E-state index in [1.165, 1.54) is 18.3 Å². The van der Waals surface area contributed by atoms with Gasteiger partial charge in [0.25, 0.3) is 17.7 Å². The summed E-state index contributed by atoms with van der Waals surface area (Å²) in [6.45, 7) is 18.9. The smallest absolute Gasteiger partial charge is 0.407 e. The maximum atomic E-state index is 14.6. The van der Waals surface area contributed by atoms with Crippen molar-refractivity contribution in [2.75, 3.05) is 51.6 Å². The molecule has 1 unspecified atom stereocenters. The highest BCUT2D eigenvalue weighted by Crippen LogP contribution is 2.40. The lowest BCUT2D eigenvalue weighted by Crippen LogP contribution is -2.61. The summed E-state index contributed by atoms with van der Waals surface area (Å²) in [4.78, 5) is 100. The molecule has 93 heavy (non-hydrogen) atoms. The predicted molar refractivity (Wildman–Crippen MR) is 352 cm³/mol. The molecule has 23 heteroatoms. The van der Waals surface area contributed by atoms with Crippen molar-refractivity contribution in [2.24, 2.45) is 47.3 Å². The fraction of sp³-hybridized carbons (Fsp3) is 0.629. The maximum absolute atomic E-state index is 14.6. The fourth-order valence-corrected chi connectivity index (χ4v) is 13.7. The van der Waals surface area contributed by atoms with Crippen LogP contribution in [-0.4, -0.2) is 158 Å².